The smallest absolute Gasteiger partial charge is 0.349 e. The number of hydrogen-bond donors (Lipinski definition) is 0. The first-order valence-corrected chi connectivity index (χ1v) is 7.52. The summed E-state index contributed by atoms with van der Waals surface area (Å²) in [6, 6.07) is 1.82. The first kappa shape index (κ1) is 14.2. The van der Waals surface area contributed by atoms with Gasteiger partial charge in [-0.2, -0.15) is 5.10 Å². The molecule has 0 saturated carbocycles. The van der Waals surface area contributed by atoms with E-state index in [-0.39, 0.29) is 12.6 Å². The standard InChI is InChI=1S/C12H14BrN3O2S/c1-8(2)5-16-10(14-7-15-16)6-18-12(17)11-9(13)3-4-19-11/h3-4,7-8H,5-6H2,1-2H3. The van der Waals surface area contributed by atoms with Crippen molar-refractivity contribution in [3.05, 3.63) is 32.9 Å². The van der Waals surface area contributed by atoms with Crippen molar-refractivity contribution in [2.24, 2.45) is 5.92 Å². The third-order valence-corrected chi connectivity index (χ3v) is 4.19. The Kier molecular flexibility index (Phi) is 4.71. The van der Waals surface area contributed by atoms with Crippen LogP contribution in [0.3, 0.4) is 0 Å². The summed E-state index contributed by atoms with van der Waals surface area (Å²) in [5.74, 6) is 0.776. The maximum absolute atomic E-state index is 11.9. The van der Waals surface area contributed by atoms with Crippen LogP contribution in [0, 0.1) is 5.92 Å². The van der Waals surface area contributed by atoms with Gasteiger partial charge in [0.05, 0.1) is 0 Å². The van der Waals surface area contributed by atoms with Crippen molar-refractivity contribution < 1.29 is 9.53 Å². The average Bonchev–Trinajstić information content (AvgIpc) is 2.94. The summed E-state index contributed by atoms with van der Waals surface area (Å²) in [4.78, 5) is 16.5. The number of halogens is 1. The largest absolute Gasteiger partial charge is 0.453 e. The SMILES string of the molecule is CC(C)Cn1ncnc1COC(=O)c1sccc1Br. The molecule has 0 aliphatic carbocycles. The minimum absolute atomic E-state index is 0.135. The van der Waals surface area contributed by atoms with Gasteiger partial charge in [0.2, 0.25) is 0 Å². The number of nitrogens with zero attached hydrogens (tertiary/aromatic N) is 3. The van der Waals surface area contributed by atoms with E-state index in [0.29, 0.717) is 16.6 Å². The van der Waals surface area contributed by atoms with Crippen LogP contribution in [0.1, 0.15) is 29.3 Å². The van der Waals surface area contributed by atoms with Crippen LogP contribution in [0.2, 0.25) is 0 Å². The van der Waals surface area contributed by atoms with Crippen molar-refractivity contribution in [3.8, 4) is 0 Å². The summed E-state index contributed by atoms with van der Waals surface area (Å²) in [6.07, 6.45) is 1.48. The van der Waals surface area contributed by atoms with Crippen LogP contribution in [0.15, 0.2) is 22.2 Å². The molecule has 0 radical (unpaired) electrons. The van der Waals surface area contributed by atoms with Gasteiger partial charge in [-0.25, -0.2) is 14.5 Å². The molecule has 0 bridgehead atoms. The Balaban J connectivity index is 1.98. The number of thiophene rings is 1. The second-order valence-corrected chi connectivity index (χ2v) is 6.20. The van der Waals surface area contributed by atoms with Gasteiger partial charge < -0.3 is 4.74 Å². The molecule has 2 aromatic heterocycles. The Bertz CT molecular complexity index is 565. The predicted molar refractivity (Wildman–Crippen MR) is 76.0 cm³/mol. The molecule has 0 aliphatic rings. The van der Waals surface area contributed by atoms with Crippen molar-refractivity contribution in [2.75, 3.05) is 0 Å². The Morgan fingerprint density at radius 2 is 2.37 bits per heavy atom. The number of aromatic nitrogens is 3. The summed E-state index contributed by atoms with van der Waals surface area (Å²) in [5, 5.41) is 5.96. The molecule has 0 saturated heterocycles. The maximum Gasteiger partial charge on any atom is 0.349 e. The van der Waals surface area contributed by atoms with E-state index < -0.39 is 0 Å². The van der Waals surface area contributed by atoms with Crippen molar-refractivity contribution >= 4 is 33.2 Å². The van der Waals surface area contributed by atoms with E-state index >= 15 is 0 Å². The molecule has 19 heavy (non-hydrogen) atoms. The molecular formula is C12H14BrN3O2S. The summed E-state index contributed by atoms with van der Waals surface area (Å²) in [5.41, 5.74) is 0. The third-order valence-electron chi connectivity index (χ3n) is 2.37. The molecule has 2 aromatic rings. The molecule has 0 atom stereocenters. The van der Waals surface area contributed by atoms with Gasteiger partial charge in [-0.1, -0.05) is 13.8 Å². The van der Waals surface area contributed by atoms with E-state index in [4.69, 9.17) is 4.74 Å². The number of carbonyl (C=O) groups excluding carboxylic acids is 1. The lowest BCUT2D eigenvalue weighted by Crippen LogP contribution is -2.13. The Morgan fingerprint density at radius 1 is 1.58 bits per heavy atom. The Labute approximate surface area is 123 Å². The van der Waals surface area contributed by atoms with Crippen LogP contribution >= 0.6 is 27.3 Å². The molecule has 0 N–H and O–H groups in total. The summed E-state index contributed by atoms with van der Waals surface area (Å²) in [6.45, 7) is 5.09. The van der Waals surface area contributed by atoms with Gasteiger partial charge in [-0.15, -0.1) is 11.3 Å². The highest BCUT2D eigenvalue weighted by molar-refractivity contribution is 9.10. The number of hydrogen-bond acceptors (Lipinski definition) is 5. The van der Waals surface area contributed by atoms with E-state index in [9.17, 15) is 4.79 Å². The second-order valence-electron chi connectivity index (χ2n) is 4.43. The highest BCUT2D eigenvalue weighted by Crippen LogP contribution is 2.23. The van der Waals surface area contributed by atoms with E-state index in [1.807, 2.05) is 11.4 Å². The lowest BCUT2D eigenvalue weighted by molar-refractivity contribution is 0.0461. The highest BCUT2D eigenvalue weighted by Gasteiger charge is 2.15. The summed E-state index contributed by atoms with van der Waals surface area (Å²) < 4.78 is 7.77. The molecule has 7 heteroatoms. The number of ether oxygens (including phenoxy) is 1. The minimum Gasteiger partial charge on any atom is -0.453 e. The zero-order chi connectivity index (χ0) is 13.8. The third kappa shape index (κ3) is 3.63. The topological polar surface area (TPSA) is 57.0 Å². The van der Waals surface area contributed by atoms with E-state index in [0.717, 1.165) is 11.0 Å². The normalized spacial score (nSPS) is 10.9. The number of carbonyl (C=O) groups is 1. The monoisotopic (exact) mass is 343 g/mol. The van der Waals surface area contributed by atoms with E-state index in [1.54, 1.807) is 4.68 Å². The fourth-order valence-corrected chi connectivity index (χ4v) is 2.96. The predicted octanol–water partition coefficient (Wildman–Crippen LogP) is 3.12. The average molecular weight is 344 g/mol. The Hall–Kier alpha value is -1.21. The van der Waals surface area contributed by atoms with Crippen LogP contribution < -0.4 is 0 Å². The van der Waals surface area contributed by atoms with Crippen LogP contribution in [0.4, 0.5) is 0 Å². The zero-order valence-electron chi connectivity index (χ0n) is 10.7. The van der Waals surface area contributed by atoms with Crippen molar-refractivity contribution in [1.29, 1.82) is 0 Å². The first-order chi connectivity index (χ1) is 9.08. The van der Waals surface area contributed by atoms with Crippen molar-refractivity contribution in [3.63, 3.8) is 0 Å². The molecule has 5 nitrogen and oxygen atoms in total. The van der Waals surface area contributed by atoms with E-state index in [2.05, 4.69) is 39.9 Å². The molecule has 0 amide bonds. The molecule has 0 fully saturated rings. The molecule has 0 aliphatic heterocycles. The van der Waals surface area contributed by atoms with Gasteiger partial charge in [0.25, 0.3) is 0 Å². The first-order valence-electron chi connectivity index (χ1n) is 5.84. The number of rotatable bonds is 5. The van der Waals surface area contributed by atoms with Crippen LogP contribution in [0.25, 0.3) is 0 Å². The lowest BCUT2D eigenvalue weighted by atomic mass is 10.2. The van der Waals surface area contributed by atoms with Gasteiger partial charge in [0.1, 0.15) is 11.2 Å². The van der Waals surface area contributed by atoms with Gasteiger partial charge in [-0.05, 0) is 33.3 Å². The van der Waals surface area contributed by atoms with Crippen molar-refractivity contribution in [2.45, 2.75) is 27.0 Å². The van der Waals surface area contributed by atoms with Gasteiger partial charge in [0.15, 0.2) is 12.4 Å². The molecule has 0 aromatic carbocycles. The van der Waals surface area contributed by atoms with Crippen molar-refractivity contribution in [1.82, 2.24) is 14.8 Å². The second kappa shape index (κ2) is 6.29. The highest BCUT2D eigenvalue weighted by atomic mass is 79.9. The fraction of sp³-hybridized carbons (Fsp3) is 0.417. The van der Waals surface area contributed by atoms with Gasteiger partial charge in [0, 0.05) is 11.0 Å². The molecule has 0 unspecified atom stereocenters. The quantitative estimate of drug-likeness (QED) is 0.782. The maximum atomic E-state index is 11.9. The Morgan fingerprint density at radius 3 is 3.00 bits per heavy atom. The number of esters is 1. The molecular weight excluding hydrogens is 330 g/mol. The lowest BCUT2D eigenvalue weighted by Gasteiger charge is -2.08. The van der Waals surface area contributed by atoms with E-state index in [1.165, 1.54) is 17.7 Å². The van der Waals surface area contributed by atoms with Crippen LogP contribution in [-0.2, 0) is 17.9 Å². The zero-order valence-corrected chi connectivity index (χ0v) is 13.1. The molecule has 2 rings (SSSR count). The molecule has 102 valence electrons. The van der Waals surface area contributed by atoms with Gasteiger partial charge >= 0.3 is 5.97 Å². The summed E-state index contributed by atoms with van der Waals surface area (Å²) >= 11 is 4.65. The fourth-order valence-electron chi connectivity index (χ4n) is 1.53. The van der Waals surface area contributed by atoms with Crippen LogP contribution in [0.5, 0.6) is 0 Å². The van der Waals surface area contributed by atoms with Gasteiger partial charge in [-0.3, -0.25) is 0 Å². The summed E-state index contributed by atoms with van der Waals surface area (Å²) in [7, 11) is 0. The van der Waals surface area contributed by atoms with Crippen LogP contribution in [-0.4, -0.2) is 20.7 Å². The molecule has 2 heterocycles. The molecule has 0 spiro atoms. The minimum atomic E-state index is -0.346.